The molecule has 2 heterocycles. The van der Waals surface area contributed by atoms with Crippen LogP contribution in [0.2, 0.25) is 0 Å². The van der Waals surface area contributed by atoms with E-state index in [1.165, 1.54) is 11.3 Å². The standard InChI is InChI=1S/C17H16N4O2S/c1-10-2-3-12(17(22)23)13(15(10)18)8-20-14-9-24-16(21-14)11-4-6-19-7-5-11/h2-9,12,20H,18H2,1H3,(H,22,23). The van der Waals surface area contributed by atoms with Crippen LogP contribution >= 0.6 is 11.3 Å². The van der Waals surface area contributed by atoms with Crippen molar-refractivity contribution in [1.29, 1.82) is 0 Å². The molecule has 1 aliphatic rings. The van der Waals surface area contributed by atoms with Gasteiger partial charge in [0.05, 0.1) is 0 Å². The second-order valence-electron chi connectivity index (χ2n) is 5.29. The Hall–Kier alpha value is -2.93. The van der Waals surface area contributed by atoms with Gasteiger partial charge in [-0.3, -0.25) is 9.78 Å². The number of carboxylic acid groups (broad SMARTS) is 1. The molecule has 0 radical (unpaired) electrons. The molecule has 3 rings (SSSR count). The highest BCUT2D eigenvalue weighted by Gasteiger charge is 2.25. The molecule has 0 aromatic carbocycles. The van der Waals surface area contributed by atoms with Crippen LogP contribution in [0, 0.1) is 5.92 Å². The number of carboxylic acids is 1. The fraction of sp³-hybridized carbons (Fsp3) is 0.118. The predicted molar refractivity (Wildman–Crippen MR) is 94.2 cm³/mol. The topological polar surface area (TPSA) is 101 Å². The van der Waals surface area contributed by atoms with Crippen LogP contribution in [0.25, 0.3) is 10.6 Å². The molecular weight excluding hydrogens is 324 g/mol. The van der Waals surface area contributed by atoms with Gasteiger partial charge in [0.1, 0.15) is 16.7 Å². The maximum Gasteiger partial charge on any atom is 0.315 e. The Morgan fingerprint density at radius 3 is 2.88 bits per heavy atom. The van der Waals surface area contributed by atoms with Gasteiger partial charge in [0, 0.05) is 40.8 Å². The van der Waals surface area contributed by atoms with E-state index in [0.29, 0.717) is 17.1 Å². The fourth-order valence-electron chi connectivity index (χ4n) is 2.33. The summed E-state index contributed by atoms with van der Waals surface area (Å²) in [4.78, 5) is 19.9. The summed E-state index contributed by atoms with van der Waals surface area (Å²) in [6.07, 6.45) is 8.41. The highest BCUT2D eigenvalue weighted by Crippen LogP contribution is 2.28. The van der Waals surface area contributed by atoms with Crippen LogP contribution in [0.5, 0.6) is 0 Å². The van der Waals surface area contributed by atoms with Gasteiger partial charge in [-0.25, -0.2) is 4.98 Å². The van der Waals surface area contributed by atoms with E-state index < -0.39 is 11.9 Å². The lowest BCUT2D eigenvalue weighted by atomic mass is 9.89. The van der Waals surface area contributed by atoms with Crippen LogP contribution in [0.1, 0.15) is 6.92 Å². The number of aliphatic carboxylic acids is 1. The van der Waals surface area contributed by atoms with Gasteiger partial charge in [-0.1, -0.05) is 12.2 Å². The van der Waals surface area contributed by atoms with Crippen molar-refractivity contribution in [2.45, 2.75) is 6.92 Å². The number of anilines is 1. The number of thiazole rings is 1. The summed E-state index contributed by atoms with van der Waals surface area (Å²) in [5, 5.41) is 15.1. The van der Waals surface area contributed by atoms with Crippen LogP contribution in [0.4, 0.5) is 5.82 Å². The number of hydrogen-bond donors (Lipinski definition) is 3. The lowest BCUT2D eigenvalue weighted by molar-refractivity contribution is -0.138. The largest absolute Gasteiger partial charge is 0.481 e. The van der Waals surface area contributed by atoms with Crippen molar-refractivity contribution in [2.24, 2.45) is 11.7 Å². The summed E-state index contributed by atoms with van der Waals surface area (Å²) in [6, 6.07) is 3.77. The number of nitrogens with zero attached hydrogens (tertiary/aromatic N) is 2. The third kappa shape index (κ3) is 3.21. The summed E-state index contributed by atoms with van der Waals surface area (Å²) in [6.45, 7) is 1.85. The number of pyridine rings is 1. The maximum atomic E-state index is 11.4. The van der Waals surface area contributed by atoms with Crippen LogP contribution in [0.3, 0.4) is 0 Å². The van der Waals surface area contributed by atoms with Crippen molar-refractivity contribution in [3.8, 4) is 10.6 Å². The highest BCUT2D eigenvalue weighted by atomic mass is 32.1. The lowest BCUT2D eigenvalue weighted by Gasteiger charge is -2.19. The number of allylic oxidation sites excluding steroid dienone is 3. The molecule has 0 fully saturated rings. The maximum absolute atomic E-state index is 11.4. The zero-order valence-electron chi connectivity index (χ0n) is 12.9. The predicted octanol–water partition coefficient (Wildman–Crippen LogP) is 3.00. The molecule has 24 heavy (non-hydrogen) atoms. The molecule has 1 aliphatic carbocycles. The molecule has 0 amide bonds. The molecule has 0 saturated heterocycles. The SMILES string of the molecule is CC1=C(N)C(=CNc2csc(-c3ccncc3)n2)C(C(=O)O)C=C1. The van der Waals surface area contributed by atoms with E-state index in [0.717, 1.165) is 16.1 Å². The molecular formula is C17H16N4O2S. The van der Waals surface area contributed by atoms with Crippen molar-refractivity contribution in [3.05, 3.63) is 65.1 Å². The second kappa shape index (κ2) is 6.67. The monoisotopic (exact) mass is 340 g/mol. The van der Waals surface area contributed by atoms with Gasteiger partial charge in [-0.05, 0) is 24.6 Å². The van der Waals surface area contributed by atoms with Gasteiger partial charge in [0.2, 0.25) is 0 Å². The Balaban J connectivity index is 1.83. The van der Waals surface area contributed by atoms with E-state index >= 15 is 0 Å². The molecule has 1 atom stereocenters. The highest BCUT2D eigenvalue weighted by molar-refractivity contribution is 7.13. The number of carbonyl (C=O) groups is 1. The smallest absolute Gasteiger partial charge is 0.315 e. The molecule has 0 aliphatic heterocycles. The molecule has 0 saturated carbocycles. The Kier molecular flexibility index (Phi) is 4.43. The van der Waals surface area contributed by atoms with E-state index in [1.807, 2.05) is 24.4 Å². The number of nitrogens with two attached hydrogens (primary N) is 1. The number of nitrogens with one attached hydrogen (secondary N) is 1. The van der Waals surface area contributed by atoms with Gasteiger partial charge < -0.3 is 16.2 Å². The van der Waals surface area contributed by atoms with Crippen molar-refractivity contribution in [1.82, 2.24) is 9.97 Å². The minimum atomic E-state index is -0.939. The minimum Gasteiger partial charge on any atom is -0.481 e. The molecule has 0 spiro atoms. The summed E-state index contributed by atoms with van der Waals surface area (Å²) < 4.78 is 0. The van der Waals surface area contributed by atoms with Gasteiger partial charge >= 0.3 is 5.97 Å². The molecule has 4 N–H and O–H groups in total. The first-order valence-electron chi connectivity index (χ1n) is 7.26. The third-order valence-electron chi connectivity index (χ3n) is 3.68. The molecule has 2 aromatic heterocycles. The van der Waals surface area contributed by atoms with E-state index in [4.69, 9.17) is 5.73 Å². The first-order chi connectivity index (χ1) is 11.6. The van der Waals surface area contributed by atoms with Crippen LogP contribution in [-0.2, 0) is 4.79 Å². The van der Waals surface area contributed by atoms with E-state index in [2.05, 4.69) is 15.3 Å². The Bertz CT molecular complexity index is 852. The molecule has 0 bridgehead atoms. The zero-order valence-corrected chi connectivity index (χ0v) is 13.7. The van der Waals surface area contributed by atoms with Crippen LogP contribution in [-0.4, -0.2) is 21.0 Å². The quantitative estimate of drug-likeness (QED) is 0.791. The summed E-state index contributed by atoms with van der Waals surface area (Å²) in [5.74, 6) is -1.06. The number of hydrogen-bond acceptors (Lipinski definition) is 6. The minimum absolute atomic E-state index is 0.474. The van der Waals surface area contributed by atoms with Crippen LogP contribution in [0.15, 0.2) is 65.1 Å². The Labute approximate surface area is 143 Å². The van der Waals surface area contributed by atoms with E-state index in [-0.39, 0.29) is 0 Å². The van der Waals surface area contributed by atoms with Crippen LogP contribution < -0.4 is 11.1 Å². The second-order valence-corrected chi connectivity index (χ2v) is 6.15. The molecule has 2 aromatic rings. The average molecular weight is 340 g/mol. The normalized spacial score (nSPS) is 18.9. The van der Waals surface area contributed by atoms with Gasteiger partial charge in [0.25, 0.3) is 0 Å². The van der Waals surface area contributed by atoms with Crippen molar-refractivity contribution < 1.29 is 9.90 Å². The zero-order chi connectivity index (χ0) is 17.1. The van der Waals surface area contributed by atoms with E-state index in [1.54, 1.807) is 30.7 Å². The van der Waals surface area contributed by atoms with Crippen molar-refractivity contribution >= 4 is 23.1 Å². The van der Waals surface area contributed by atoms with Gasteiger partial charge in [0.15, 0.2) is 0 Å². The third-order valence-corrected chi connectivity index (χ3v) is 4.57. The summed E-state index contributed by atoms with van der Waals surface area (Å²) in [5.41, 5.74) is 8.87. The molecule has 6 nitrogen and oxygen atoms in total. The Morgan fingerprint density at radius 2 is 2.17 bits per heavy atom. The first kappa shape index (κ1) is 15.9. The lowest BCUT2D eigenvalue weighted by Crippen LogP contribution is -2.22. The van der Waals surface area contributed by atoms with Crippen molar-refractivity contribution in [2.75, 3.05) is 5.32 Å². The molecule has 122 valence electrons. The van der Waals surface area contributed by atoms with Gasteiger partial charge in [-0.2, -0.15) is 0 Å². The molecule has 1 unspecified atom stereocenters. The number of rotatable bonds is 4. The van der Waals surface area contributed by atoms with Crippen molar-refractivity contribution in [3.63, 3.8) is 0 Å². The molecule has 7 heteroatoms. The first-order valence-corrected chi connectivity index (χ1v) is 8.14. The average Bonchev–Trinajstić information content (AvgIpc) is 3.05. The van der Waals surface area contributed by atoms with E-state index in [9.17, 15) is 9.90 Å². The summed E-state index contributed by atoms with van der Waals surface area (Å²) in [7, 11) is 0. The van der Waals surface area contributed by atoms with Gasteiger partial charge in [-0.15, -0.1) is 11.3 Å². The fourth-order valence-corrected chi connectivity index (χ4v) is 3.10. The number of aromatic nitrogens is 2. The summed E-state index contributed by atoms with van der Waals surface area (Å²) >= 11 is 1.49. The Morgan fingerprint density at radius 1 is 1.42 bits per heavy atom.